The number of nitrogens with zero attached hydrogens (tertiary/aromatic N) is 8. The number of hydrogen-bond donors (Lipinski definition) is 9. The molecule has 25 nitrogen and oxygen atoms in total. The monoisotopic (exact) mass is 962 g/mol. The van der Waals surface area contributed by atoms with Gasteiger partial charge in [0.2, 0.25) is 55.7 Å². The summed E-state index contributed by atoms with van der Waals surface area (Å²) in [5.74, 6) is -2.70. The molecule has 11 N–H and O–H groups in total. The minimum Gasteiger partial charge on any atom is -0.480 e. The van der Waals surface area contributed by atoms with Crippen LogP contribution in [0.2, 0.25) is 0 Å². The Hall–Kier alpha value is -7.89. The van der Waals surface area contributed by atoms with Gasteiger partial charge in [0.15, 0.2) is 0 Å². The molecule has 0 unspecified atom stereocenters. The van der Waals surface area contributed by atoms with Gasteiger partial charge >= 0.3 is 11.9 Å². The van der Waals surface area contributed by atoms with E-state index in [9.17, 15) is 49.6 Å². The summed E-state index contributed by atoms with van der Waals surface area (Å²) < 4.78 is 82.2. The zero-order valence-electron chi connectivity index (χ0n) is 34.3. The molecule has 0 aliphatic carbocycles. The standard InChI is InChI=1S/C38H38N14O11S3/c1-51(20-31(53)54)37-47-33(45-34(48-37)42-25-11-15-28(16-12-25)64(39,57)58)41-24-8-4-22(5-9-24)3-6-23-7-10-27(19-30(23)66(61,62)63)44-36-46-35(49-38(50-36)52(2)21-32(55)56)43-26-13-17-29(18-14-26)65(40,59)60/h3-19H,20-21H2,1-2H3,(H,53,54)(H,55,56)(H2,39,57,58)(H2,40,59,60)(H,61,62,63)(H2,41,42,45,47,48)(H2,43,44,46,49,50). The summed E-state index contributed by atoms with van der Waals surface area (Å²) in [7, 11) is -9.85. The summed E-state index contributed by atoms with van der Waals surface area (Å²) in [4.78, 5) is 50.3. The SMILES string of the molecule is CN(CC(=O)O)c1nc(Nc2ccc(C=Cc3ccc(Nc4nc(Nc5ccc(S(N)(=O)=O)cc5)nc(N(C)CC(=O)O)n4)cc3S(=O)(=O)O)cc2)nc(Nc2ccc(S(N)(=O)=O)cc2)n1. The van der Waals surface area contributed by atoms with Crippen molar-refractivity contribution in [3.05, 3.63) is 102 Å². The first-order valence-corrected chi connectivity index (χ1v) is 23.1. The van der Waals surface area contributed by atoms with Crippen molar-refractivity contribution in [2.24, 2.45) is 10.3 Å². The lowest BCUT2D eigenvalue weighted by Crippen LogP contribution is -2.27. The van der Waals surface area contributed by atoms with E-state index in [-0.39, 0.29) is 56.7 Å². The van der Waals surface area contributed by atoms with Gasteiger partial charge in [0, 0.05) is 36.8 Å². The van der Waals surface area contributed by atoms with Gasteiger partial charge < -0.3 is 41.3 Å². The van der Waals surface area contributed by atoms with Crippen molar-refractivity contribution in [3.63, 3.8) is 0 Å². The molecule has 0 atom stereocenters. The summed E-state index contributed by atoms with van der Waals surface area (Å²) in [6.45, 7) is -0.943. The van der Waals surface area contributed by atoms with Gasteiger partial charge in [0.05, 0.1) is 9.79 Å². The van der Waals surface area contributed by atoms with E-state index in [0.717, 1.165) is 6.07 Å². The van der Waals surface area contributed by atoms with E-state index in [1.165, 1.54) is 90.6 Å². The van der Waals surface area contributed by atoms with Crippen LogP contribution in [0.25, 0.3) is 12.2 Å². The van der Waals surface area contributed by atoms with Gasteiger partial charge in [-0.15, -0.1) is 0 Å². The summed E-state index contributed by atoms with van der Waals surface area (Å²) in [5, 5.41) is 40.7. The Morgan fingerprint density at radius 3 is 1.24 bits per heavy atom. The van der Waals surface area contributed by atoms with Gasteiger partial charge in [-0.1, -0.05) is 30.4 Å². The van der Waals surface area contributed by atoms with E-state index in [2.05, 4.69) is 51.2 Å². The molecule has 0 fully saturated rings. The highest BCUT2D eigenvalue weighted by molar-refractivity contribution is 7.89. The maximum absolute atomic E-state index is 12.6. The molecule has 0 aliphatic heterocycles. The fourth-order valence-corrected chi connectivity index (χ4v) is 7.39. The van der Waals surface area contributed by atoms with Crippen LogP contribution >= 0.6 is 0 Å². The molecule has 0 amide bonds. The van der Waals surface area contributed by atoms with Crippen LogP contribution < -0.4 is 41.3 Å². The molecule has 28 heteroatoms. The Kier molecular flexibility index (Phi) is 14.0. The van der Waals surface area contributed by atoms with Crippen molar-refractivity contribution in [2.75, 3.05) is 58.3 Å². The lowest BCUT2D eigenvalue weighted by atomic mass is 10.1. The third kappa shape index (κ3) is 13.1. The van der Waals surface area contributed by atoms with Crippen LogP contribution in [-0.4, -0.2) is 109 Å². The Labute approximate surface area is 376 Å². The number of sulfonamides is 2. The Morgan fingerprint density at radius 1 is 0.545 bits per heavy atom. The van der Waals surface area contributed by atoms with Crippen LogP contribution in [0.4, 0.5) is 58.4 Å². The summed E-state index contributed by atoms with van der Waals surface area (Å²) >= 11 is 0. The average molecular weight is 963 g/mol. The molecule has 2 heterocycles. The molecular weight excluding hydrogens is 925 g/mol. The first-order chi connectivity index (χ1) is 31.0. The second kappa shape index (κ2) is 19.5. The first-order valence-electron chi connectivity index (χ1n) is 18.6. The molecule has 0 aliphatic rings. The number of benzene rings is 4. The third-order valence-corrected chi connectivity index (χ3v) is 11.5. The summed E-state index contributed by atoms with van der Waals surface area (Å²) in [6.07, 6.45) is 3.03. The van der Waals surface area contributed by atoms with E-state index in [1.54, 1.807) is 30.3 Å². The highest BCUT2D eigenvalue weighted by Crippen LogP contribution is 2.27. The number of primary sulfonamides is 2. The number of anilines is 10. The molecule has 6 aromatic rings. The second-order valence-corrected chi connectivity index (χ2v) is 18.4. The van der Waals surface area contributed by atoms with Crippen LogP contribution in [0.15, 0.2) is 106 Å². The predicted octanol–water partition coefficient (Wildman–Crippen LogP) is 2.78. The summed E-state index contributed by atoms with van der Waals surface area (Å²) in [6, 6.07) is 21.4. The van der Waals surface area contributed by atoms with Crippen molar-refractivity contribution in [2.45, 2.75) is 14.7 Å². The Balaban J connectivity index is 1.21. The van der Waals surface area contributed by atoms with Crippen LogP contribution in [-0.2, 0) is 39.8 Å². The number of aromatic nitrogens is 6. The molecule has 0 bridgehead atoms. The first kappa shape index (κ1) is 47.6. The number of hydrogen-bond acceptors (Lipinski definition) is 20. The molecule has 4 aromatic carbocycles. The highest BCUT2D eigenvalue weighted by Gasteiger charge is 2.19. The van der Waals surface area contributed by atoms with Crippen molar-refractivity contribution in [1.29, 1.82) is 0 Å². The number of likely N-dealkylation sites (N-methyl/N-ethyl adjacent to an activating group) is 2. The number of nitrogens with one attached hydrogen (secondary N) is 4. The molecule has 0 radical (unpaired) electrons. The normalized spacial score (nSPS) is 11.8. The van der Waals surface area contributed by atoms with Gasteiger partial charge in [0.1, 0.15) is 18.0 Å². The quantitative estimate of drug-likeness (QED) is 0.0416. The predicted molar refractivity (Wildman–Crippen MR) is 242 cm³/mol. The van der Waals surface area contributed by atoms with Gasteiger partial charge in [-0.3, -0.25) is 14.1 Å². The minimum atomic E-state index is -4.82. The second-order valence-electron chi connectivity index (χ2n) is 13.9. The van der Waals surface area contributed by atoms with Crippen molar-refractivity contribution >= 4 is 113 Å². The maximum Gasteiger partial charge on any atom is 0.323 e. The fourth-order valence-electron chi connectivity index (χ4n) is 5.65. The number of carboxylic acid groups (broad SMARTS) is 2. The minimum absolute atomic E-state index is 0.00524. The number of nitrogens with two attached hydrogens (primary N) is 2. The molecular formula is C38H38N14O11S3. The number of rotatable bonds is 19. The topological polar surface area (TPSA) is 381 Å². The molecule has 0 spiro atoms. The zero-order chi connectivity index (χ0) is 48.0. The van der Waals surface area contributed by atoms with E-state index >= 15 is 0 Å². The molecule has 0 saturated carbocycles. The summed E-state index contributed by atoms with van der Waals surface area (Å²) in [5.41, 5.74) is 2.00. The smallest absolute Gasteiger partial charge is 0.323 e. The average Bonchev–Trinajstić information content (AvgIpc) is 3.22. The van der Waals surface area contributed by atoms with Crippen molar-refractivity contribution < 1.29 is 49.6 Å². The Bertz CT molecular complexity index is 3160. The van der Waals surface area contributed by atoms with Crippen LogP contribution in [0, 0.1) is 0 Å². The highest BCUT2D eigenvalue weighted by atomic mass is 32.2. The number of carboxylic acids is 2. The van der Waals surface area contributed by atoms with Crippen LogP contribution in [0.3, 0.4) is 0 Å². The molecule has 6 rings (SSSR count). The van der Waals surface area contributed by atoms with E-state index in [4.69, 9.17) is 10.3 Å². The lowest BCUT2D eigenvalue weighted by Gasteiger charge is -2.17. The van der Waals surface area contributed by atoms with Gasteiger partial charge in [-0.2, -0.15) is 38.3 Å². The zero-order valence-corrected chi connectivity index (χ0v) is 36.7. The van der Waals surface area contributed by atoms with Gasteiger partial charge in [0.25, 0.3) is 10.1 Å². The maximum atomic E-state index is 12.6. The number of aliphatic carboxylic acids is 2. The van der Waals surface area contributed by atoms with Crippen LogP contribution in [0.5, 0.6) is 0 Å². The van der Waals surface area contributed by atoms with E-state index in [1.807, 2.05) is 0 Å². The fraction of sp³-hybridized carbons (Fsp3) is 0.105. The van der Waals surface area contributed by atoms with Crippen LogP contribution in [0.1, 0.15) is 11.1 Å². The van der Waals surface area contributed by atoms with Gasteiger partial charge in [-0.05, 0) is 83.9 Å². The van der Waals surface area contributed by atoms with Gasteiger partial charge in [-0.25, -0.2) is 27.1 Å². The van der Waals surface area contributed by atoms with E-state index < -0.39 is 60.1 Å². The lowest BCUT2D eigenvalue weighted by molar-refractivity contribution is -0.136. The number of carbonyl (C=O) groups is 2. The van der Waals surface area contributed by atoms with Crippen molar-refractivity contribution in [3.8, 4) is 0 Å². The molecule has 344 valence electrons. The van der Waals surface area contributed by atoms with Crippen molar-refractivity contribution in [1.82, 2.24) is 29.9 Å². The van der Waals surface area contributed by atoms with E-state index in [0.29, 0.717) is 22.6 Å². The molecule has 0 saturated heterocycles. The molecule has 66 heavy (non-hydrogen) atoms. The largest absolute Gasteiger partial charge is 0.480 e. The molecule has 2 aromatic heterocycles. The Morgan fingerprint density at radius 2 is 0.894 bits per heavy atom. The third-order valence-electron chi connectivity index (χ3n) is 8.72.